The van der Waals surface area contributed by atoms with Crippen molar-refractivity contribution in [1.29, 1.82) is 0 Å². The van der Waals surface area contributed by atoms with E-state index in [1.54, 1.807) is 48.2 Å². The molecule has 0 amide bonds. The van der Waals surface area contributed by atoms with Crippen molar-refractivity contribution in [2.75, 3.05) is 20.0 Å². The van der Waals surface area contributed by atoms with Gasteiger partial charge in [-0.3, -0.25) is 9.20 Å². The number of ketones is 1. The number of carbonyl (C=O) groups is 1. The summed E-state index contributed by atoms with van der Waals surface area (Å²) >= 11 is 2.75. The molecule has 0 radical (unpaired) electrons. The number of rotatable bonds is 7. The fraction of sp³-hybridized carbons (Fsp3) is 0.130. The number of thiophene rings is 1. The number of carbonyl (C=O) groups excluding carboxylic acids is 1. The van der Waals surface area contributed by atoms with Crippen molar-refractivity contribution in [3.63, 3.8) is 0 Å². The molecule has 0 aliphatic rings. The number of halogens is 1. The van der Waals surface area contributed by atoms with Gasteiger partial charge in [0, 0.05) is 10.9 Å². The molecular formula is C23H17FN4O3S2. The third-order valence-corrected chi connectivity index (χ3v) is 6.97. The molecule has 3 heterocycles. The maximum atomic E-state index is 13.4. The van der Waals surface area contributed by atoms with Crippen molar-refractivity contribution in [2.45, 2.75) is 5.16 Å². The van der Waals surface area contributed by atoms with Crippen LogP contribution in [0.3, 0.4) is 0 Å². The molecule has 0 N–H and O–H groups in total. The second-order valence-corrected chi connectivity index (χ2v) is 8.84. The van der Waals surface area contributed by atoms with Crippen LogP contribution >= 0.6 is 23.1 Å². The average molecular weight is 481 g/mol. The fourth-order valence-electron chi connectivity index (χ4n) is 3.50. The van der Waals surface area contributed by atoms with Gasteiger partial charge >= 0.3 is 0 Å². The first kappa shape index (κ1) is 21.4. The Balaban J connectivity index is 1.47. The topological polar surface area (TPSA) is 78.6 Å². The van der Waals surface area contributed by atoms with Crippen molar-refractivity contribution >= 4 is 44.7 Å². The predicted molar refractivity (Wildman–Crippen MR) is 126 cm³/mol. The lowest BCUT2D eigenvalue weighted by molar-refractivity contribution is 0.101. The van der Waals surface area contributed by atoms with Gasteiger partial charge in [-0.2, -0.15) is 0 Å². The van der Waals surface area contributed by atoms with Gasteiger partial charge in [0.2, 0.25) is 0 Å². The van der Waals surface area contributed by atoms with Crippen molar-refractivity contribution in [2.24, 2.45) is 0 Å². The van der Waals surface area contributed by atoms with E-state index >= 15 is 0 Å². The first-order chi connectivity index (χ1) is 16.1. The lowest BCUT2D eigenvalue weighted by Gasteiger charge is -2.09. The highest BCUT2D eigenvalue weighted by Crippen LogP contribution is 2.36. The molecule has 3 aromatic heterocycles. The van der Waals surface area contributed by atoms with E-state index in [2.05, 4.69) is 15.2 Å². The van der Waals surface area contributed by atoms with Crippen molar-refractivity contribution in [3.8, 4) is 22.6 Å². The highest BCUT2D eigenvalue weighted by atomic mass is 32.2. The maximum absolute atomic E-state index is 13.4. The smallest absolute Gasteiger partial charge is 0.197 e. The zero-order valence-electron chi connectivity index (χ0n) is 17.6. The molecular weight excluding hydrogens is 463 g/mol. The second-order valence-electron chi connectivity index (χ2n) is 7.04. The van der Waals surface area contributed by atoms with Gasteiger partial charge in [0.15, 0.2) is 16.6 Å². The Morgan fingerprint density at radius 2 is 1.94 bits per heavy atom. The van der Waals surface area contributed by atoms with E-state index in [1.807, 2.05) is 5.38 Å². The van der Waals surface area contributed by atoms with Gasteiger partial charge in [-0.25, -0.2) is 9.37 Å². The van der Waals surface area contributed by atoms with E-state index in [9.17, 15) is 9.18 Å². The molecule has 0 atom stereocenters. The first-order valence-corrected chi connectivity index (χ1v) is 11.7. The number of fused-ring (bicyclic) bond motifs is 3. The standard InChI is InChI=1S/C23H17FN4O3S2/c1-30-15-7-8-19(31-2)16(9-15)18(29)11-33-23-27-26-21-20-17(13-3-5-14(24)6-4-13)10-32-22(20)25-12-28(21)23/h3-10,12H,11H2,1-2H3. The fourth-order valence-corrected chi connectivity index (χ4v) is 5.20. The summed E-state index contributed by atoms with van der Waals surface area (Å²) in [5.41, 5.74) is 2.86. The molecule has 0 aliphatic carbocycles. The number of ether oxygens (including phenoxy) is 2. The number of Topliss-reactive ketones (excluding diaryl/α,β-unsaturated/α-hetero) is 1. The van der Waals surface area contributed by atoms with Gasteiger partial charge in [0.25, 0.3) is 0 Å². The SMILES string of the molecule is COc1ccc(OC)c(C(=O)CSc2nnc3c4c(-c5ccc(F)cc5)csc4ncn23)c1. The second kappa shape index (κ2) is 8.80. The number of benzene rings is 2. The third-order valence-electron chi connectivity index (χ3n) is 5.14. The minimum Gasteiger partial charge on any atom is -0.497 e. The van der Waals surface area contributed by atoms with Gasteiger partial charge in [0.1, 0.15) is 28.5 Å². The molecule has 2 aromatic carbocycles. The predicted octanol–water partition coefficient (Wildman–Crippen LogP) is 5.14. The molecule has 0 unspecified atom stereocenters. The van der Waals surface area contributed by atoms with E-state index in [0.717, 1.165) is 21.3 Å². The molecule has 5 aromatic rings. The summed E-state index contributed by atoms with van der Waals surface area (Å²) in [6.45, 7) is 0. The summed E-state index contributed by atoms with van der Waals surface area (Å²) in [6.07, 6.45) is 1.65. The molecule has 0 saturated carbocycles. The normalized spacial score (nSPS) is 11.2. The van der Waals surface area contributed by atoms with Crippen LogP contribution in [0.4, 0.5) is 4.39 Å². The van der Waals surface area contributed by atoms with E-state index in [4.69, 9.17) is 9.47 Å². The van der Waals surface area contributed by atoms with Gasteiger partial charge in [-0.15, -0.1) is 21.5 Å². The quantitative estimate of drug-likeness (QED) is 0.236. The monoisotopic (exact) mass is 480 g/mol. The van der Waals surface area contributed by atoms with Crippen molar-refractivity contribution < 1.29 is 18.7 Å². The molecule has 5 rings (SSSR count). The molecule has 10 heteroatoms. The lowest BCUT2D eigenvalue weighted by atomic mass is 10.1. The van der Waals surface area contributed by atoms with Gasteiger partial charge in [0.05, 0.1) is 30.9 Å². The molecule has 166 valence electrons. The summed E-state index contributed by atoms with van der Waals surface area (Å²) in [4.78, 5) is 18.2. The average Bonchev–Trinajstić information content (AvgIpc) is 3.46. The zero-order chi connectivity index (χ0) is 22.9. The van der Waals surface area contributed by atoms with Crippen LogP contribution in [-0.2, 0) is 0 Å². The number of hydrogen-bond donors (Lipinski definition) is 0. The van der Waals surface area contributed by atoms with Crippen molar-refractivity contribution in [1.82, 2.24) is 19.6 Å². The van der Waals surface area contributed by atoms with Crippen LogP contribution in [0.5, 0.6) is 11.5 Å². The summed E-state index contributed by atoms with van der Waals surface area (Å²) in [5.74, 6) is 0.785. The number of hydrogen-bond acceptors (Lipinski definition) is 8. The minimum absolute atomic E-state index is 0.121. The minimum atomic E-state index is -0.292. The van der Waals surface area contributed by atoms with Gasteiger partial charge < -0.3 is 9.47 Å². The summed E-state index contributed by atoms with van der Waals surface area (Å²) in [5, 5.41) is 12.0. The Morgan fingerprint density at radius 1 is 1.12 bits per heavy atom. The van der Waals surface area contributed by atoms with E-state index in [0.29, 0.717) is 27.9 Å². The van der Waals surface area contributed by atoms with E-state index in [1.165, 1.54) is 42.3 Å². The summed E-state index contributed by atoms with van der Waals surface area (Å²) in [7, 11) is 3.07. The molecule has 0 spiro atoms. The van der Waals surface area contributed by atoms with Crippen LogP contribution in [0, 0.1) is 5.82 Å². The molecule has 0 saturated heterocycles. The Morgan fingerprint density at radius 3 is 2.70 bits per heavy atom. The molecule has 33 heavy (non-hydrogen) atoms. The van der Waals surface area contributed by atoms with Crippen LogP contribution in [0.25, 0.3) is 27.0 Å². The Labute approximate surface area is 196 Å². The molecule has 0 aliphatic heterocycles. The van der Waals surface area contributed by atoms with Crippen LogP contribution in [-0.4, -0.2) is 45.3 Å². The van der Waals surface area contributed by atoms with Crippen LogP contribution in [0.2, 0.25) is 0 Å². The Hall–Kier alpha value is -3.50. The Bertz CT molecular complexity index is 1480. The van der Waals surface area contributed by atoms with Gasteiger partial charge in [-0.05, 0) is 35.9 Å². The zero-order valence-corrected chi connectivity index (χ0v) is 19.2. The van der Waals surface area contributed by atoms with E-state index in [-0.39, 0.29) is 17.4 Å². The number of nitrogens with zero attached hydrogens (tertiary/aromatic N) is 4. The third kappa shape index (κ3) is 3.91. The number of aromatic nitrogens is 4. The first-order valence-electron chi connectivity index (χ1n) is 9.84. The summed E-state index contributed by atoms with van der Waals surface area (Å²) < 4.78 is 25.7. The summed E-state index contributed by atoms with van der Waals surface area (Å²) in [6, 6.07) is 11.4. The van der Waals surface area contributed by atoms with Crippen LogP contribution < -0.4 is 9.47 Å². The number of methoxy groups -OCH3 is 2. The van der Waals surface area contributed by atoms with Crippen LogP contribution in [0.15, 0.2) is 59.3 Å². The lowest BCUT2D eigenvalue weighted by Crippen LogP contribution is -2.06. The highest BCUT2D eigenvalue weighted by molar-refractivity contribution is 7.99. The van der Waals surface area contributed by atoms with Crippen molar-refractivity contribution in [3.05, 3.63) is 65.6 Å². The van der Waals surface area contributed by atoms with E-state index < -0.39 is 0 Å². The largest absolute Gasteiger partial charge is 0.497 e. The van der Waals surface area contributed by atoms with Crippen LogP contribution in [0.1, 0.15) is 10.4 Å². The molecule has 7 nitrogen and oxygen atoms in total. The number of thioether (sulfide) groups is 1. The highest BCUT2D eigenvalue weighted by Gasteiger charge is 2.19. The molecule has 0 fully saturated rings. The Kier molecular flexibility index (Phi) is 5.69. The maximum Gasteiger partial charge on any atom is 0.197 e. The molecule has 0 bridgehead atoms. The van der Waals surface area contributed by atoms with Gasteiger partial charge in [-0.1, -0.05) is 23.9 Å².